The third kappa shape index (κ3) is 5.77. The van der Waals surface area contributed by atoms with Gasteiger partial charge in [0.15, 0.2) is 0 Å². The third-order valence-electron chi connectivity index (χ3n) is 4.18. The summed E-state index contributed by atoms with van der Waals surface area (Å²) in [6, 6.07) is 19.0. The van der Waals surface area contributed by atoms with Crippen LogP contribution in [0.5, 0.6) is 11.5 Å². The van der Waals surface area contributed by atoms with Crippen molar-refractivity contribution >= 4 is 29.3 Å². The first-order valence-corrected chi connectivity index (χ1v) is 9.15. The zero-order valence-corrected chi connectivity index (χ0v) is 16.5. The summed E-state index contributed by atoms with van der Waals surface area (Å²) in [5, 5.41) is 13.5. The molecule has 3 aromatic rings. The molecule has 1 N–H and O–H groups in total. The van der Waals surface area contributed by atoms with Crippen LogP contribution in [0.25, 0.3) is 6.08 Å². The number of nitro benzene ring substituents is 1. The van der Waals surface area contributed by atoms with Gasteiger partial charge in [0.1, 0.15) is 11.5 Å². The topological polar surface area (TPSA) is 108 Å². The fraction of sp³-hybridized carbons (Fsp3) is 0.0435. The number of non-ortho nitro benzene ring substituents is 1. The molecular formula is C23H18N2O6. The molecule has 8 heteroatoms. The summed E-state index contributed by atoms with van der Waals surface area (Å²) in [6.45, 7) is 0. The van der Waals surface area contributed by atoms with Crippen molar-refractivity contribution in [1.82, 2.24) is 0 Å². The molecule has 1 amide bonds. The van der Waals surface area contributed by atoms with Crippen LogP contribution in [0.15, 0.2) is 78.9 Å². The zero-order chi connectivity index (χ0) is 22.2. The molecule has 0 aromatic heterocycles. The Morgan fingerprint density at radius 3 is 2.45 bits per heavy atom. The molecular weight excluding hydrogens is 400 g/mol. The highest BCUT2D eigenvalue weighted by Crippen LogP contribution is 2.21. The fourth-order valence-corrected chi connectivity index (χ4v) is 2.69. The van der Waals surface area contributed by atoms with Gasteiger partial charge >= 0.3 is 5.97 Å². The average Bonchev–Trinajstić information content (AvgIpc) is 2.79. The quantitative estimate of drug-likeness (QED) is 0.199. The zero-order valence-electron chi connectivity index (χ0n) is 16.5. The van der Waals surface area contributed by atoms with Gasteiger partial charge in [-0.2, -0.15) is 0 Å². The van der Waals surface area contributed by atoms with Crippen LogP contribution in [0.2, 0.25) is 0 Å². The van der Waals surface area contributed by atoms with Gasteiger partial charge in [-0.25, -0.2) is 4.79 Å². The number of nitrogens with zero attached hydrogens (tertiary/aromatic N) is 1. The second-order valence-corrected chi connectivity index (χ2v) is 6.29. The van der Waals surface area contributed by atoms with E-state index in [1.54, 1.807) is 42.5 Å². The molecule has 0 aliphatic heterocycles. The van der Waals surface area contributed by atoms with Crippen LogP contribution < -0.4 is 14.8 Å². The lowest BCUT2D eigenvalue weighted by molar-refractivity contribution is -0.384. The van der Waals surface area contributed by atoms with Crippen LogP contribution in [0.1, 0.15) is 15.9 Å². The van der Waals surface area contributed by atoms with E-state index in [0.717, 1.165) is 0 Å². The van der Waals surface area contributed by atoms with Gasteiger partial charge in [0.05, 0.1) is 17.6 Å². The minimum atomic E-state index is -0.641. The molecule has 0 heterocycles. The number of benzene rings is 3. The molecule has 8 nitrogen and oxygen atoms in total. The Morgan fingerprint density at radius 1 is 1.00 bits per heavy atom. The Morgan fingerprint density at radius 2 is 1.74 bits per heavy atom. The molecule has 0 bridgehead atoms. The number of hydrogen-bond acceptors (Lipinski definition) is 6. The highest BCUT2D eigenvalue weighted by molar-refractivity contribution is 6.06. The van der Waals surface area contributed by atoms with Crippen LogP contribution in [-0.4, -0.2) is 23.9 Å². The van der Waals surface area contributed by atoms with E-state index in [9.17, 15) is 19.7 Å². The Hall–Kier alpha value is -4.46. The number of methoxy groups -OCH3 is 1. The number of para-hydroxylation sites is 1. The predicted molar refractivity (Wildman–Crippen MR) is 115 cm³/mol. The first-order chi connectivity index (χ1) is 15.0. The second-order valence-electron chi connectivity index (χ2n) is 6.29. The number of carbonyl (C=O) groups is 2. The SMILES string of the molecule is COc1ccccc1C(=O)Nc1ccc(OC(=O)/C=C/c2cccc([N+](=O)[O-])c2)cc1. The second kappa shape index (κ2) is 9.84. The highest BCUT2D eigenvalue weighted by atomic mass is 16.6. The maximum absolute atomic E-state index is 12.4. The normalized spacial score (nSPS) is 10.5. The summed E-state index contributed by atoms with van der Waals surface area (Å²) in [5.74, 6) is -0.232. The Balaban J connectivity index is 1.60. The van der Waals surface area contributed by atoms with Crippen LogP contribution in [0.4, 0.5) is 11.4 Å². The lowest BCUT2D eigenvalue weighted by Gasteiger charge is -2.09. The molecule has 0 fully saturated rings. The van der Waals surface area contributed by atoms with Crippen molar-refractivity contribution in [2.75, 3.05) is 12.4 Å². The largest absolute Gasteiger partial charge is 0.496 e. The molecule has 3 rings (SSSR count). The van der Waals surface area contributed by atoms with Crippen LogP contribution in [0, 0.1) is 10.1 Å². The van der Waals surface area contributed by atoms with Gasteiger partial charge in [-0.15, -0.1) is 0 Å². The van der Waals surface area contributed by atoms with Crippen molar-refractivity contribution in [3.8, 4) is 11.5 Å². The average molecular weight is 418 g/mol. The molecule has 0 aliphatic carbocycles. The number of ether oxygens (including phenoxy) is 2. The minimum Gasteiger partial charge on any atom is -0.496 e. The molecule has 3 aromatic carbocycles. The molecule has 156 valence electrons. The monoisotopic (exact) mass is 418 g/mol. The summed E-state index contributed by atoms with van der Waals surface area (Å²) in [6.07, 6.45) is 2.60. The maximum Gasteiger partial charge on any atom is 0.336 e. The smallest absolute Gasteiger partial charge is 0.336 e. The Labute approximate surface area is 177 Å². The fourth-order valence-electron chi connectivity index (χ4n) is 2.69. The summed E-state index contributed by atoms with van der Waals surface area (Å²) in [4.78, 5) is 34.7. The van der Waals surface area contributed by atoms with Crippen molar-refractivity contribution in [2.24, 2.45) is 0 Å². The molecule has 0 atom stereocenters. The number of hydrogen-bond donors (Lipinski definition) is 1. The van der Waals surface area contributed by atoms with E-state index in [2.05, 4.69) is 5.32 Å². The first kappa shape index (κ1) is 21.3. The van der Waals surface area contributed by atoms with Crippen molar-refractivity contribution in [2.45, 2.75) is 0 Å². The van der Waals surface area contributed by atoms with E-state index in [0.29, 0.717) is 22.6 Å². The van der Waals surface area contributed by atoms with E-state index in [1.165, 1.54) is 49.6 Å². The van der Waals surface area contributed by atoms with Crippen molar-refractivity contribution < 1.29 is 24.0 Å². The van der Waals surface area contributed by atoms with Gasteiger partial charge in [-0.3, -0.25) is 14.9 Å². The van der Waals surface area contributed by atoms with Crippen molar-refractivity contribution in [1.29, 1.82) is 0 Å². The van der Waals surface area contributed by atoms with Gasteiger partial charge in [-0.05, 0) is 48.0 Å². The third-order valence-corrected chi connectivity index (χ3v) is 4.18. The highest BCUT2D eigenvalue weighted by Gasteiger charge is 2.12. The van der Waals surface area contributed by atoms with Crippen LogP contribution >= 0.6 is 0 Å². The summed E-state index contributed by atoms with van der Waals surface area (Å²) in [7, 11) is 1.49. The van der Waals surface area contributed by atoms with Crippen LogP contribution in [-0.2, 0) is 4.79 Å². The Bertz CT molecular complexity index is 1140. The van der Waals surface area contributed by atoms with Gasteiger partial charge in [0.2, 0.25) is 0 Å². The van der Waals surface area contributed by atoms with Gasteiger partial charge in [0, 0.05) is 23.9 Å². The van der Waals surface area contributed by atoms with E-state index in [1.807, 2.05) is 0 Å². The standard InChI is InChI=1S/C23H18N2O6/c1-30-21-8-3-2-7-20(21)23(27)24-17-10-12-19(13-11-17)31-22(26)14-9-16-5-4-6-18(15-16)25(28)29/h2-15H,1H3,(H,24,27)/b14-9+. The molecule has 0 saturated carbocycles. The molecule has 0 unspecified atom stereocenters. The lowest BCUT2D eigenvalue weighted by atomic mass is 10.2. The number of amides is 1. The number of nitrogens with one attached hydrogen (secondary N) is 1. The van der Waals surface area contributed by atoms with Gasteiger partial charge in [-0.1, -0.05) is 24.3 Å². The first-order valence-electron chi connectivity index (χ1n) is 9.15. The van der Waals surface area contributed by atoms with E-state index < -0.39 is 10.9 Å². The Kier molecular flexibility index (Phi) is 6.74. The molecule has 0 radical (unpaired) electrons. The number of esters is 1. The van der Waals surface area contributed by atoms with E-state index in [-0.39, 0.29) is 17.3 Å². The summed E-state index contributed by atoms with van der Waals surface area (Å²) in [5.41, 5.74) is 1.34. The molecule has 0 saturated heterocycles. The lowest BCUT2D eigenvalue weighted by Crippen LogP contribution is -2.13. The summed E-state index contributed by atoms with van der Waals surface area (Å²) < 4.78 is 10.4. The van der Waals surface area contributed by atoms with Gasteiger partial charge < -0.3 is 14.8 Å². The maximum atomic E-state index is 12.4. The summed E-state index contributed by atoms with van der Waals surface area (Å²) >= 11 is 0. The molecule has 31 heavy (non-hydrogen) atoms. The van der Waals surface area contributed by atoms with Crippen molar-refractivity contribution in [3.63, 3.8) is 0 Å². The number of nitro groups is 1. The molecule has 0 spiro atoms. The van der Waals surface area contributed by atoms with Crippen LogP contribution in [0.3, 0.4) is 0 Å². The van der Waals surface area contributed by atoms with Gasteiger partial charge in [0.25, 0.3) is 11.6 Å². The van der Waals surface area contributed by atoms with E-state index in [4.69, 9.17) is 9.47 Å². The predicted octanol–water partition coefficient (Wildman–Crippen LogP) is 4.47. The van der Waals surface area contributed by atoms with Crippen molar-refractivity contribution in [3.05, 3.63) is 100 Å². The minimum absolute atomic E-state index is 0.0683. The van der Waals surface area contributed by atoms with E-state index >= 15 is 0 Å². The molecule has 0 aliphatic rings. The number of rotatable bonds is 7. The number of carbonyl (C=O) groups excluding carboxylic acids is 2. The number of anilines is 1.